The molecule has 0 bridgehead atoms. The third kappa shape index (κ3) is 4.54. The van der Waals surface area contributed by atoms with Gasteiger partial charge in [0.05, 0.1) is 23.5 Å². The van der Waals surface area contributed by atoms with E-state index in [1.54, 1.807) is 33.8 Å². The quantitative estimate of drug-likeness (QED) is 0.340. The molecule has 1 aromatic rings. The van der Waals surface area contributed by atoms with Crippen molar-refractivity contribution in [2.45, 2.75) is 33.3 Å². The Bertz CT molecular complexity index is 441. The smallest absolute Gasteiger partial charge is 0.131 e. The predicted octanol–water partition coefficient (Wildman–Crippen LogP) is 2.28. The minimum absolute atomic E-state index is 0.167. The largest absolute Gasteiger partial charge is 0.397 e. The number of nitrogens with two attached hydrogens (primary N) is 2. The van der Waals surface area contributed by atoms with Gasteiger partial charge in [0.15, 0.2) is 0 Å². The molecule has 0 saturated heterocycles. The van der Waals surface area contributed by atoms with Gasteiger partial charge >= 0.3 is 0 Å². The molecule has 5 heteroatoms. The number of nitrogen functional groups attached to an aromatic ring is 1. The zero-order chi connectivity index (χ0) is 15.4. The fraction of sp³-hybridized carbons (Fsp3) is 0.429. The van der Waals surface area contributed by atoms with Crippen LogP contribution in [0.25, 0.3) is 0 Å². The second-order valence-corrected chi connectivity index (χ2v) is 5.01. The summed E-state index contributed by atoms with van der Waals surface area (Å²) in [5.74, 6) is 5.51. The Morgan fingerprint density at radius 1 is 1.37 bits per heavy atom. The van der Waals surface area contributed by atoms with Gasteiger partial charge in [-0.3, -0.25) is 0 Å². The number of nitrogens with zero attached hydrogens (tertiary/aromatic N) is 1. The minimum Gasteiger partial charge on any atom is -0.397 e. The molecule has 0 aromatic heterocycles. The Morgan fingerprint density at radius 3 is 2.26 bits per heavy atom. The number of benzene rings is 1. The molecule has 0 aliphatic carbocycles. The van der Waals surface area contributed by atoms with Crippen LogP contribution in [-0.4, -0.2) is 17.3 Å². The van der Waals surface area contributed by atoms with Gasteiger partial charge in [0, 0.05) is 5.56 Å². The average Bonchev–Trinajstić information content (AvgIpc) is 2.26. The van der Waals surface area contributed by atoms with Gasteiger partial charge in [-0.1, -0.05) is 0 Å². The summed E-state index contributed by atoms with van der Waals surface area (Å²) in [7, 11) is 0. The summed E-state index contributed by atoms with van der Waals surface area (Å²) < 4.78 is 13.8. The van der Waals surface area contributed by atoms with E-state index < -0.39 is 5.60 Å². The Morgan fingerprint density at radius 2 is 1.84 bits per heavy atom. The molecule has 0 spiro atoms. The second kappa shape index (κ2) is 6.54. The van der Waals surface area contributed by atoms with Gasteiger partial charge in [-0.25, -0.2) is 10.2 Å². The summed E-state index contributed by atoms with van der Waals surface area (Å²) in [6, 6.07) is 1.54. The van der Waals surface area contributed by atoms with Crippen molar-refractivity contribution in [3.05, 3.63) is 36.2 Å². The first-order chi connectivity index (χ1) is 8.63. The Labute approximate surface area is 114 Å². The molecule has 0 heterocycles. The Hall–Kier alpha value is -1.59. The SMILES string of the molecule is C=C.Cc1cc(N)c(N(N)CC(C)(C)O)c(C)c1F. The summed E-state index contributed by atoms with van der Waals surface area (Å²) in [5.41, 5.74) is 6.58. The molecule has 19 heavy (non-hydrogen) atoms. The van der Waals surface area contributed by atoms with Crippen molar-refractivity contribution in [2.75, 3.05) is 17.3 Å². The first kappa shape index (κ1) is 17.4. The lowest BCUT2D eigenvalue weighted by molar-refractivity contribution is 0.0874. The molecular weight excluding hydrogens is 245 g/mol. The fourth-order valence-corrected chi connectivity index (χ4v) is 1.86. The molecule has 5 N–H and O–H groups in total. The monoisotopic (exact) mass is 269 g/mol. The molecule has 0 unspecified atom stereocenters. The van der Waals surface area contributed by atoms with Crippen molar-refractivity contribution < 1.29 is 9.50 Å². The second-order valence-electron chi connectivity index (χ2n) is 5.01. The van der Waals surface area contributed by atoms with Crippen LogP contribution in [-0.2, 0) is 0 Å². The molecule has 0 amide bonds. The van der Waals surface area contributed by atoms with E-state index >= 15 is 0 Å². The van der Waals surface area contributed by atoms with E-state index in [4.69, 9.17) is 11.6 Å². The number of hydrogen-bond acceptors (Lipinski definition) is 4. The van der Waals surface area contributed by atoms with Gasteiger partial charge in [0.2, 0.25) is 0 Å². The van der Waals surface area contributed by atoms with Gasteiger partial charge in [-0.2, -0.15) is 0 Å². The van der Waals surface area contributed by atoms with E-state index in [1.807, 2.05) is 0 Å². The van der Waals surface area contributed by atoms with Crippen LogP contribution in [0, 0.1) is 19.7 Å². The van der Waals surface area contributed by atoms with E-state index in [1.165, 1.54) is 5.01 Å². The maximum Gasteiger partial charge on any atom is 0.131 e. The number of aryl methyl sites for hydroxylation is 1. The number of halogens is 1. The van der Waals surface area contributed by atoms with E-state index in [9.17, 15) is 9.50 Å². The highest BCUT2D eigenvalue weighted by Crippen LogP contribution is 2.30. The van der Waals surface area contributed by atoms with Gasteiger partial charge in [-0.15, -0.1) is 13.2 Å². The third-order valence-electron chi connectivity index (χ3n) is 2.52. The summed E-state index contributed by atoms with van der Waals surface area (Å²) in [4.78, 5) is 0. The maximum atomic E-state index is 13.8. The number of rotatable bonds is 3. The van der Waals surface area contributed by atoms with Gasteiger partial charge < -0.3 is 15.8 Å². The van der Waals surface area contributed by atoms with Crippen molar-refractivity contribution in [3.63, 3.8) is 0 Å². The summed E-state index contributed by atoms with van der Waals surface area (Å²) in [6.45, 7) is 12.7. The van der Waals surface area contributed by atoms with Gasteiger partial charge in [0.1, 0.15) is 5.82 Å². The van der Waals surface area contributed by atoms with E-state index in [-0.39, 0.29) is 12.4 Å². The molecule has 0 atom stereocenters. The Balaban J connectivity index is 0.00000154. The molecule has 1 rings (SSSR count). The van der Waals surface area contributed by atoms with E-state index in [0.717, 1.165) is 0 Å². The topological polar surface area (TPSA) is 75.5 Å². The third-order valence-corrected chi connectivity index (χ3v) is 2.52. The number of anilines is 2. The highest BCUT2D eigenvalue weighted by Gasteiger charge is 2.21. The summed E-state index contributed by atoms with van der Waals surface area (Å²) in [5, 5.41) is 11.0. The zero-order valence-corrected chi connectivity index (χ0v) is 12.1. The molecule has 0 radical (unpaired) electrons. The lowest BCUT2D eigenvalue weighted by Gasteiger charge is -2.29. The first-order valence-corrected chi connectivity index (χ1v) is 5.93. The molecular formula is C14H24FN3O. The number of hydrogen-bond donors (Lipinski definition) is 3. The molecule has 108 valence electrons. The van der Waals surface area contributed by atoms with Crippen molar-refractivity contribution in [3.8, 4) is 0 Å². The molecule has 0 fully saturated rings. The standard InChI is InChI=1S/C12H20FN3O.C2H4/c1-7-5-9(14)11(8(2)10(7)13)16(15)6-12(3,4)17;1-2/h5,17H,6,14-15H2,1-4H3;1-2H2. The molecule has 0 aliphatic heterocycles. The van der Waals surface area contributed by atoms with Crippen molar-refractivity contribution in [1.29, 1.82) is 0 Å². The first-order valence-electron chi connectivity index (χ1n) is 5.93. The number of hydrazine groups is 1. The van der Waals surface area contributed by atoms with Crippen LogP contribution in [0.5, 0.6) is 0 Å². The Kier molecular flexibility index (Phi) is 5.99. The van der Waals surface area contributed by atoms with Crippen LogP contribution in [0.3, 0.4) is 0 Å². The summed E-state index contributed by atoms with van der Waals surface area (Å²) in [6.07, 6.45) is 0. The minimum atomic E-state index is -0.977. The van der Waals surface area contributed by atoms with Crippen molar-refractivity contribution in [1.82, 2.24) is 0 Å². The van der Waals surface area contributed by atoms with Crippen LogP contribution in [0.2, 0.25) is 0 Å². The van der Waals surface area contributed by atoms with Crippen molar-refractivity contribution in [2.24, 2.45) is 5.84 Å². The number of aliphatic hydroxyl groups is 1. The van der Waals surface area contributed by atoms with Gasteiger partial charge in [0.25, 0.3) is 0 Å². The van der Waals surface area contributed by atoms with Crippen molar-refractivity contribution >= 4 is 11.4 Å². The van der Waals surface area contributed by atoms with Crippen LogP contribution in [0.15, 0.2) is 19.2 Å². The highest BCUT2D eigenvalue weighted by molar-refractivity contribution is 5.72. The van der Waals surface area contributed by atoms with Crippen LogP contribution >= 0.6 is 0 Å². The maximum absolute atomic E-state index is 13.8. The lowest BCUT2D eigenvalue weighted by Crippen LogP contribution is -2.43. The zero-order valence-electron chi connectivity index (χ0n) is 12.1. The van der Waals surface area contributed by atoms with Crippen LogP contribution < -0.4 is 16.6 Å². The predicted molar refractivity (Wildman–Crippen MR) is 79.4 cm³/mol. The molecule has 0 aliphatic rings. The molecule has 1 aromatic carbocycles. The van der Waals surface area contributed by atoms with E-state index in [0.29, 0.717) is 22.5 Å². The normalized spacial score (nSPS) is 10.7. The van der Waals surface area contributed by atoms with Crippen LogP contribution in [0.4, 0.5) is 15.8 Å². The summed E-state index contributed by atoms with van der Waals surface area (Å²) >= 11 is 0. The highest BCUT2D eigenvalue weighted by atomic mass is 19.1. The average molecular weight is 269 g/mol. The van der Waals surface area contributed by atoms with E-state index in [2.05, 4.69) is 13.2 Å². The fourth-order valence-electron chi connectivity index (χ4n) is 1.86. The molecule has 0 saturated carbocycles. The molecule has 4 nitrogen and oxygen atoms in total. The van der Waals surface area contributed by atoms with Gasteiger partial charge in [-0.05, 0) is 39.3 Å². The lowest BCUT2D eigenvalue weighted by atomic mass is 10.1. The van der Waals surface area contributed by atoms with Crippen LogP contribution in [0.1, 0.15) is 25.0 Å².